The van der Waals surface area contributed by atoms with Gasteiger partial charge in [0.15, 0.2) is 0 Å². The molecule has 1 fully saturated rings. The number of hydrogen-bond acceptors (Lipinski definition) is 1. The van der Waals surface area contributed by atoms with Gasteiger partial charge in [0.05, 0.1) is 6.07 Å². The molecule has 0 amide bonds. The molecule has 0 N–H and O–H groups in total. The van der Waals surface area contributed by atoms with Crippen LogP contribution >= 0.6 is 22.6 Å². The molecule has 0 bridgehead atoms. The molecular weight excluding hydrogens is 273 g/mol. The van der Waals surface area contributed by atoms with Gasteiger partial charge >= 0.3 is 0 Å². The van der Waals surface area contributed by atoms with Crippen LogP contribution in [0.15, 0.2) is 0 Å². The van der Waals surface area contributed by atoms with Crippen LogP contribution in [0.2, 0.25) is 0 Å². The molecule has 1 nitrogen and oxygen atoms in total. The lowest BCUT2D eigenvalue weighted by atomic mass is 9.63. The minimum Gasteiger partial charge on any atom is -0.198 e. The summed E-state index contributed by atoms with van der Waals surface area (Å²) in [4.78, 5) is 0. The van der Waals surface area contributed by atoms with E-state index in [0.717, 1.165) is 16.3 Å². The first kappa shape index (κ1) is 11.3. The minimum absolute atomic E-state index is 0.341. The van der Waals surface area contributed by atoms with Crippen LogP contribution in [0.1, 0.15) is 40.0 Å². The Balaban J connectivity index is 2.79. The number of halogens is 1. The van der Waals surface area contributed by atoms with Crippen molar-refractivity contribution >= 4 is 22.6 Å². The average molecular weight is 291 g/mol. The first-order valence-corrected chi connectivity index (χ1v) is 6.25. The summed E-state index contributed by atoms with van der Waals surface area (Å²) in [5.41, 5.74) is 0.341. The molecule has 1 aliphatic rings. The van der Waals surface area contributed by atoms with Crippen LogP contribution in [0.3, 0.4) is 0 Å². The number of alkyl halides is 1. The van der Waals surface area contributed by atoms with Gasteiger partial charge in [0, 0.05) is 10.3 Å². The standard InChI is InChI=1S/C11H18IN/c1-8-4-5-10(12)11(2,3)9(8)6-7-13/h8-10H,4-6H2,1-3H3/t8?,9?,10-/m0/s1. The summed E-state index contributed by atoms with van der Waals surface area (Å²) >= 11 is 2.55. The van der Waals surface area contributed by atoms with E-state index in [0.29, 0.717) is 11.3 Å². The molecule has 13 heavy (non-hydrogen) atoms. The maximum Gasteiger partial charge on any atom is 0.0624 e. The van der Waals surface area contributed by atoms with Crippen molar-refractivity contribution in [3.05, 3.63) is 0 Å². The van der Waals surface area contributed by atoms with E-state index in [1.165, 1.54) is 12.8 Å². The van der Waals surface area contributed by atoms with Gasteiger partial charge in [-0.3, -0.25) is 0 Å². The summed E-state index contributed by atoms with van der Waals surface area (Å²) in [5.74, 6) is 1.31. The Morgan fingerprint density at radius 2 is 2.08 bits per heavy atom. The van der Waals surface area contributed by atoms with Crippen LogP contribution in [0.25, 0.3) is 0 Å². The van der Waals surface area contributed by atoms with Gasteiger partial charge in [0.2, 0.25) is 0 Å². The largest absolute Gasteiger partial charge is 0.198 e. The summed E-state index contributed by atoms with van der Waals surface area (Å²) in [7, 11) is 0. The number of nitriles is 1. The molecule has 1 saturated carbocycles. The third-order valence-electron chi connectivity index (χ3n) is 3.64. The molecule has 0 aromatic carbocycles. The van der Waals surface area contributed by atoms with Gasteiger partial charge in [-0.15, -0.1) is 0 Å². The quantitative estimate of drug-likeness (QED) is 0.533. The fourth-order valence-electron chi connectivity index (χ4n) is 2.51. The van der Waals surface area contributed by atoms with Crippen molar-refractivity contribution in [3.63, 3.8) is 0 Å². The van der Waals surface area contributed by atoms with Crippen LogP contribution < -0.4 is 0 Å². The second-order valence-corrected chi connectivity index (χ2v) is 6.32. The van der Waals surface area contributed by atoms with Crippen molar-refractivity contribution in [1.82, 2.24) is 0 Å². The lowest BCUT2D eigenvalue weighted by molar-refractivity contribution is 0.101. The van der Waals surface area contributed by atoms with E-state index in [9.17, 15) is 0 Å². The van der Waals surface area contributed by atoms with Crippen LogP contribution in [-0.4, -0.2) is 3.92 Å². The minimum atomic E-state index is 0.341. The molecular formula is C11H18IN. The molecule has 2 heteroatoms. The van der Waals surface area contributed by atoms with Gasteiger partial charge in [0.25, 0.3) is 0 Å². The zero-order valence-corrected chi connectivity index (χ0v) is 10.8. The van der Waals surface area contributed by atoms with Crippen molar-refractivity contribution in [2.45, 2.75) is 44.0 Å². The molecule has 0 spiro atoms. The van der Waals surface area contributed by atoms with E-state index < -0.39 is 0 Å². The molecule has 74 valence electrons. The maximum atomic E-state index is 8.80. The molecule has 0 saturated heterocycles. The van der Waals surface area contributed by atoms with Gasteiger partial charge in [0.1, 0.15) is 0 Å². The van der Waals surface area contributed by atoms with E-state index in [1.54, 1.807) is 0 Å². The van der Waals surface area contributed by atoms with Crippen LogP contribution in [-0.2, 0) is 0 Å². The zero-order chi connectivity index (χ0) is 10.1. The van der Waals surface area contributed by atoms with Crippen molar-refractivity contribution < 1.29 is 0 Å². The van der Waals surface area contributed by atoms with Crippen LogP contribution in [0.5, 0.6) is 0 Å². The van der Waals surface area contributed by atoms with Gasteiger partial charge in [-0.2, -0.15) is 5.26 Å². The highest BCUT2D eigenvalue weighted by molar-refractivity contribution is 14.1. The van der Waals surface area contributed by atoms with Crippen LogP contribution in [0.4, 0.5) is 0 Å². The summed E-state index contributed by atoms with van der Waals surface area (Å²) in [6, 6.07) is 2.34. The maximum absolute atomic E-state index is 8.80. The summed E-state index contributed by atoms with van der Waals surface area (Å²) in [6.45, 7) is 6.94. The van der Waals surface area contributed by atoms with Crippen molar-refractivity contribution in [1.29, 1.82) is 5.26 Å². The highest BCUT2D eigenvalue weighted by Crippen LogP contribution is 2.48. The fraction of sp³-hybridized carbons (Fsp3) is 0.909. The third kappa shape index (κ3) is 2.18. The molecule has 3 atom stereocenters. The van der Waals surface area contributed by atoms with E-state index in [2.05, 4.69) is 49.4 Å². The molecule has 0 aromatic heterocycles. The van der Waals surface area contributed by atoms with E-state index >= 15 is 0 Å². The Kier molecular flexibility index (Phi) is 3.62. The molecule has 2 unspecified atom stereocenters. The van der Waals surface area contributed by atoms with Gasteiger partial charge in [-0.25, -0.2) is 0 Å². The number of nitrogens with zero attached hydrogens (tertiary/aromatic N) is 1. The third-order valence-corrected chi connectivity index (χ3v) is 5.86. The predicted molar refractivity (Wildman–Crippen MR) is 63.7 cm³/mol. The average Bonchev–Trinajstić information content (AvgIpc) is 2.06. The SMILES string of the molecule is CC1CC[C@H](I)C(C)(C)C1CC#N. The molecule has 0 aromatic rings. The smallest absolute Gasteiger partial charge is 0.0624 e. The molecule has 1 aliphatic carbocycles. The summed E-state index contributed by atoms with van der Waals surface area (Å²) in [5, 5.41) is 8.80. The second kappa shape index (κ2) is 4.16. The Hall–Kier alpha value is 0.220. The number of hydrogen-bond donors (Lipinski definition) is 0. The molecule has 1 rings (SSSR count). The van der Waals surface area contributed by atoms with Gasteiger partial charge in [-0.05, 0) is 30.1 Å². The predicted octanol–water partition coefficient (Wildman–Crippen LogP) is 3.78. The van der Waals surface area contributed by atoms with Crippen molar-refractivity contribution in [2.24, 2.45) is 17.3 Å². The van der Waals surface area contributed by atoms with Crippen molar-refractivity contribution in [2.75, 3.05) is 0 Å². The lowest BCUT2D eigenvalue weighted by Crippen LogP contribution is -2.41. The van der Waals surface area contributed by atoms with E-state index in [4.69, 9.17) is 5.26 Å². The first-order chi connectivity index (χ1) is 6.00. The fourth-order valence-corrected chi connectivity index (χ4v) is 3.33. The zero-order valence-electron chi connectivity index (χ0n) is 8.68. The summed E-state index contributed by atoms with van der Waals surface area (Å²) in [6.07, 6.45) is 3.34. The van der Waals surface area contributed by atoms with E-state index in [1.807, 2.05) is 0 Å². The normalized spacial score (nSPS) is 38.2. The Labute approximate surface area is 95.0 Å². The monoisotopic (exact) mass is 291 g/mol. The molecule has 0 radical (unpaired) electrons. The Morgan fingerprint density at radius 3 is 2.62 bits per heavy atom. The Bertz CT molecular complexity index is 217. The van der Waals surface area contributed by atoms with Crippen molar-refractivity contribution in [3.8, 4) is 6.07 Å². The van der Waals surface area contributed by atoms with E-state index in [-0.39, 0.29) is 0 Å². The lowest BCUT2D eigenvalue weighted by Gasteiger charge is -2.45. The first-order valence-electron chi connectivity index (χ1n) is 5.01. The van der Waals surface area contributed by atoms with Gasteiger partial charge in [-0.1, -0.05) is 43.4 Å². The summed E-state index contributed by atoms with van der Waals surface area (Å²) < 4.78 is 0.736. The number of rotatable bonds is 1. The highest BCUT2D eigenvalue weighted by atomic mass is 127. The molecule has 0 heterocycles. The topological polar surface area (TPSA) is 23.8 Å². The van der Waals surface area contributed by atoms with Crippen LogP contribution in [0, 0.1) is 28.6 Å². The second-order valence-electron chi connectivity index (χ2n) is 4.81. The Morgan fingerprint density at radius 1 is 1.46 bits per heavy atom. The van der Waals surface area contributed by atoms with Gasteiger partial charge < -0.3 is 0 Å². The molecule has 0 aliphatic heterocycles. The highest BCUT2D eigenvalue weighted by Gasteiger charge is 2.42.